The number of aromatic nitrogens is 3. The Morgan fingerprint density at radius 3 is 2.67 bits per heavy atom. The zero-order valence-electron chi connectivity index (χ0n) is 11.0. The molecule has 1 aromatic carbocycles. The summed E-state index contributed by atoms with van der Waals surface area (Å²) in [6, 6.07) is 5.60. The van der Waals surface area contributed by atoms with Crippen LogP contribution >= 0.6 is 0 Å². The molecule has 2 rings (SSSR count). The van der Waals surface area contributed by atoms with E-state index in [-0.39, 0.29) is 0 Å². The molecule has 2 aromatic rings. The van der Waals surface area contributed by atoms with Crippen LogP contribution in [0.2, 0.25) is 0 Å². The highest BCUT2D eigenvalue weighted by Gasteiger charge is 2.07. The Labute approximate surface area is 107 Å². The second-order valence-electron chi connectivity index (χ2n) is 4.23. The van der Waals surface area contributed by atoms with Crippen LogP contribution in [0.5, 0.6) is 5.75 Å². The summed E-state index contributed by atoms with van der Waals surface area (Å²) in [5.41, 5.74) is 7.42. The van der Waals surface area contributed by atoms with Gasteiger partial charge in [-0.05, 0) is 26.3 Å². The summed E-state index contributed by atoms with van der Waals surface area (Å²) in [6.45, 7) is 6.52. The molecule has 0 aliphatic carbocycles. The quantitative estimate of drug-likeness (QED) is 0.840. The van der Waals surface area contributed by atoms with Gasteiger partial charge in [-0.2, -0.15) is 5.10 Å². The predicted octanol–water partition coefficient (Wildman–Crippen LogP) is 2.26. The number of hydrogen-bond acceptors (Lipinski definition) is 4. The zero-order chi connectivity index (χ0) is 13.1. The molecule has 0 amide bonds. The number of rotatable bonds is 4. The van der Waals surface area contributed by atoms with Crippen molar-refractivity contribution in [3.05, 3.63) is 29.8 Å². The van der Waals surface area contributed by atoms with E-state index in [4.69, 9.17) is 10.5 Å². The van der Waals surface area contributed by atoms with Crippen molar-refractivity contribution >= 4 is 5.69 Å². The van der Waals surface area contributed by atoms with E-state index in [0.717, 1.165) is 29.5 Å². The third-order valence-electron chi connectivity index (χ3n) is 2.51. The lowest BCUT2D eigenvalue weighted by Gasteiger charge is -2.09. The molecule has 1 aromatic heterocycles. The molecule has 96 valence electrons. The third kappa shape index (κ3) is 2.61. The first-order valence-electron chi connectivity index (χ1n) is 6.04. The number of benzene rings is 1. The van der Waals surface area contributed by atoms with Crippen LogP contribution in [0.4, 0.5) is 5.69 Å². The summed E-state index contributed by atoms with van der Waals surface area (Å²) in [6.07, 6.45) is 0.964. The monoisotopic (exact) mass is 246 g/mol. The standard InChI is InChI=1S/C13H18N4O/c1-4-5-18-13-7-11(14)6-12(8-13)17-10(3)15-9(2)16-17/h6-8H,4-5,14H2,1-3H3. The SMILES string of the molecule is CCCOc1cc(N)cc(-n2nc(C)nc2C)c1. The van der Waals surface area contributed by atoms with Gasteiger partial charge in [-0.15, -0.1) is 0 Å². The van der Waals surface area contributed by atoms with E-state index in [2.05, 4.69) is 17.0 Å². The Bertz CT molecular complexity index is 548. The minimum absolute atomic E-state index is 0.658. The van der Waals surface area contributed by atoms with Crippen molar-refractivity contribution in [2.75, 3.05) is 12.3 Å². The minimum Gasteiger partial charge on any atom is -0.493 e. The molecular weight excluding hydrogens is 228 g/mol. The van der Waals surface area contributed by atoms with Crippen LogP contribution in [0, 0.1) is 13.8 Å². The summed E-state index contributed by atoms with van der Waals surface area (Å²) in [7, 11) is 0. The van der Waals surface area contributed by atoms with E-state index in [0.29, 0.717) is 12.3 Å². The summed E-state index contributed by atoms with van der Waals surface area (Å²) in [4.78, 5) is 4.28. The molecule has 0 atom stereocenters. The van der Waals surface area contributed by atoms with Gasteiger partial charge in [-0.25, -0.2) is 9.67 Å². The fourth-order valence-corrected chi connectivity index (χ4v) is 1.80. The van der Waals surface area contributed by atoms with Crippen molar-refractivity contribution in [1.29, 1.82) is 0 Å². The minimum atomic E-state index is 0.658. The van der Waals surface area contributed by atoms with Gasteiger partial charge in [0.25, 0.3) is 0 Å². The summed E-state index contributed by atoms with van der Waals surface area (Å²) in [5.74, 6) is 2.34. The fraction of sp³-hybridized carbons (Fsp3) is 0.385. The van der Waals surface area contributed by atoms with Crippen LogP contribution in [0.3, 0.4) is 0 Å². The molecule has 18 heavy (non-hydrogen) atoms. The normalized spacial score (nSPS) is 10.6. The molecule has 0 bridgehead atoms. The summed E-state index contributed by atoms with van der Waals surface area (Å²) >= 11 is 0. The van der Waals surface area contributed by atoms with Gasteiger partial charge >= 0.3 is 0 Å². The van der Waals surface area contributed by atoms with Gasteiger partial charge < -0.3 is 10.5 Å². The van der Waals surface area contributed by atoms with E-state index in [9.17, 15) is 0 Å². The number of nitrogen functional groups attached to an aromatic ring is 1. The number of aryl methyl sites for hydroxylation is 2. The van der Waals surface area contributed by atoms with Gasteiger partial charge in [-0.3, -0.25) is 0 Å². The smallest absolute Gasteiger partial charge is 0.148 e. The molecule has 5 nitrogen and oxygen atoms in total. The first-order valence-corrected chi connectivity index (χ1v) is 6.04. The topological polar surface area (TPSA) is 66.0 Å². The fourth-order valence-electron chi connectivity index (χ4n) is 1.80. The van der Waals surface area contributed by atoms with E-state index in [1.54, 1.807) is 4.68 Å². The zero-order valence-corrected chi connectivity index (χ0v) is 11.0. The molecule has 0 unspecified atom stereocenters. The average molecular weight is 246 g/mol. The van der Waals surface area contributed by atoms with Crippen LogP contribution < -0.4 is 10.5 Å². The highest BCUT2D eigenvalue weighted by atomic mass is 16.5. The van der Waals surface area contributed by atoms with Crippen molar-refractivity contribution in [2.24, 2.45) is 0 Å². The lowest BCUT2D eigenvalue weighted by atomic mass is 10.2. The summed E-state index contributed by atoms with van der Waals surface area (Å²) < 4.78 is 7.37. The third-order valence-corrected chi connectivity index (χ3v) is 2.51. The molecule has 5 heteroatoms. The number of hydrogen-bond donors (Lipinski definition) is 1. The Hall–Kier alpha value is -2.04. The summed E-state index contributed by atoms with van der Waals surface area (Å²) in [5, 5.41) is 4.34. The Kier molecular flexibility index (Phi) is 3.50. The first kappa shape index (κ1) is 12.4. The van der Waals surface area contributed by atoms with Gasteiger partial charge in [-0.1, -0.05) is 6.92 Å². The largest absolute Gasteiger partial charge is 0.493 e. The van der Waals surface area contributed by atoms with Crippen LogP contribution in [0.25, 0.3) is 5.69 Å². The van der Waals surface area contributed by atoms with Crippen LogP contribution in [-0.2, 0) is 0 Å². The molecule has 0 fully saturated rings. The predicted molar refractivity (Wildman–Crippen MR) is 71.0 cm³/mol. The highest BCUT2D eigenvalue weighted by Crippen LogP contribution is 2.22. The number of nitrogens with two attached hydrogens (primary N) is 1. The molecular formula is C13H18N4O. The maximum absolute atomic E-state index is 5.88. The molecule has 0 aliphatic rings. The average Bonchev–Trinajstić information content (AvgIpc) is 2.65. The number of anilines is 1. The Morgan fingerprint density at radius 2 is 2.06 bits per heavy atom. The van der Waals surface area contributed by atoms with Gasteiger partial charge in [0.05, 0.1) is 12.3 Å². The molecule has 0 aliphatic heterocycles. The maximum Gasteiger partial charge on any atom is 0.148 e. The molecule has 0 saturated heterocycles. The second-order valence-corrected chi connectivity index (χ2v) is 4.23. The van der Waals surface area contributed by atoms with Crippen molar-refractivity contribution in [2.45, 2.75) is 27.2 Å². The lowest BCUT2D eigenvalue weighted by Crippen LogP contribution is -2.02. The number of ether oxygens (including phenoxy) is 1. The van der Waals surface area contributed by atoms with Crippen molar-refractivity contribution in [3.63, 3.8) is 0 Å². The van der Waals surface area contributed by atoms with Crippen molar-refractivity contribution < 1.29 is 4.74 Å². The maximum atomic E-state index is 5.88. The van der Waals surface area contributed by atoms with Crippen LogP contribution in [0.15, 0.2) is 18.2 Å². The Balaban J connectivity index is 2.38. The molecule has 0 radical (unpaired) electrons. The van der Waals surface area contributed by atoms with Crippen LogP contribution in [0.1, 0.15) is 25.0 Å². The number of nitrogens with zero attached hydrogens (tertiary/aromatic N) is 3. The van der Waals surface area contributed by atoms with Gasteiger partial charge in [0.2, 0.25) is 0 Å². The van der Waals surface area contributed by atoms with Crippen molar-refractivity contribution in [3.8, 4) is 11.4 Å². The molecule has 2 N–H and O–H groups in total. The van der Waals surface area contributed by atoms with Gasteiger partial charge in [0.15, 0.2) is 0 Å². The highest BCUT2D eigenvalue weighted by molar-refractivity contribution is 5.53. The van der Waals surface area contributed by atoms with E-state index >= 15 is 0 Å². The first-order chi connectivity index (χ1) is 8.60. The van der Waals surface area contributed by atoms with Gasteiger partial charge in [0.1, 0.15) is 17.4 Å². The second kappa shape index (κ2) is 5.08. The van der Waals surface area contributed by atoms with Crippen LogP contribution in [-0.4, -0.2) is 21.4 Å². The molecule has 0 spiro atoms. The van der Waals surface area contributed by atoms with E-state index in [1.165, 1.54) is 0 Å². The Morgan fingerprint density at radius 1 is 1.28 bits per heavy atom. The van der Waals surface area contributed by atoms with E-state index < -0.39 is 0 Å². The van der Waals surface area contributed by atoms with Crippen molar-refractivity contribution in [1.82, 2.24) is 14.8 Å². The van der Waals surface area contributed by atoms with Gasteiger partial charge in [0, 0.05) is 17.8 Å². The van der Waals surface area contributed by atoms with E-state index in [1.807, 2.05) is 32.0 Å². The molecule has 1 heterocycles. The lowest BCUT2D eigenvalue weighted by molar-refractivity contribution is 0.317. The molecule has 0 saturated carbocycles.